The first-order valence-electron chi connectivity index (χ1n) is 8.31. The standard InChI is InChI=1S/C18H17N3O7/c19-14-12(17(24)25)11(13(18(26)27)15(22)20-14)9-1-3-10(4-2-9)16(23)21-5-7-28-8-6-21/h1-4H,5-8H2,(H,24,25)(H,26,27)(H3,19,20,22). The molecule has 1 amide bonds. The number of aromatic nitrogens is 1. The van der Waals surface area contributed by atoms with Crippen LogP contribution in [0.3, 0.4) is 0 Å². The topological polar surface area (TPSA) is 163 Å². The van der Waals surface area contributed by atoms with Gasteiger partial charge in [0.05, 0.1) is 13.2 Å². The molecule has 2 heterocycles. The molecule has 5 N–H and O–H groups in total. The third-order valence-electron chi connectivity index (χ3n) is 4.39. The number of carbonyl (C=O) groups is 3. The molecule has 0 radical (unpaired) electrons. The van der Waals surface area contributed by atoms with E-state index in [9.17, 15) is 29.4 Å². The number of hydrogen-bond acceptors (Lipinski definition) is 6. The number of ether oxygens (including phenoxy) is 1. The Morgan fingerprint density at radius 1 is 1.00 bits per heavy atom. The number of hydrogen-bond donors (Lipinski definition) is 4. The second-order valence-electron chi connectivity index (χ2n) is 6.09. The van der Waals surface area contributed by atoms with Crippen molar-refractivity contribution in [2.45, 2.75) is 0 Å². The molecule has 1 aromatic carbocycles. The van der Waals surface area contributed by atoms with Gasteiger partial charge in [0.1, 0.15) is 16.9 Å². The van der Waals surface area contributed by atoms with Crippen LogP contribution in [0.1, 0.15) is 31.1 Å². The summed E-state index contributed by atoms with van der Waals surface area (Å²) >= 11 is 0. The minimum Gasteiger partial charge on any atom is -0.478 e. The van der Waals surface area contributed by atoms with Gasteiger partial charge >= 0.3 is 11.9 Å². The van der Waals surface area contributed by atoms with E-state index >= 15 is 0 Å². The molecule has 2 aromatic rings. The number of carbonyl (C=O) groups excluding carboxylic acids is 1. The molecule has 3 rings (SSSR count). The number of benzene rings is 1. The lowest BCUT2D eigenvalue weighted by atomic mass is 9.94. The molecule has 1 aliphatic heterocycles. The monoisotopic (exact) mass is 387 g/mol. The maximum absolute atomic E-state index is 12.5. The maximum Gasteiger partial charge on any atom is 0.342 e. The summed E-state index contributed by atoms with van der Waals surface area (Å²) in [6, 6.07) is 5.67. The SMILES string of the molecule is Nc1[nH]c(=O)c(C(=O)O)c(-c2ccc(C(=O)N3CCOCC3)cc2)c1C(=O)O. The lowest BCUT2D eigenvalue weighted by molar-refractivity contribution is 0.0303. The molecule has 1 fully saturated rings. The fraction of sp³-hybridized carbons (Fsp3) is 0.222. The number of carboxylic acids is 2. The lowest BCUT2D eigenvalue weighted by Crippen LogP contribution is -2.40. The Morgan fingerprint density at radius 3 is 2.11 bits per heavy atom. The number of rotatable bonds is 4. The Labute approximate surface area is 158 Å². The number of aromatic amines is 1. The van der Waals surface area contributed by atoms with E-state index in [1.54, 1.807) is 4.90 Å². The van der Waals surface area contributed by atoms with Gasteiger partial charge in [-0.2, -0.15) is 0 Å². The largest absolute Gasteiger partial charge is 0.478 e. The van der Waals surface area contributed by atoms with Crippen LogP contribution in [0.4, 0.5) is 5.82 Å². The molecule has 146 valence electrons. The highest BCUT2D eigenvalue weighted by Crippen LogP contribution is 2.29. The summed E-state index contributed by atoms with van der Waals surface area (Å²) < 4.78 is 5.21. The number of amides is 1. The zero-order valence-corrected chi connectivity index (χ0v) is 14.6. The molecule has 10 nitrogen and oxygen atoms in total. The molecule has 0 atom stereocenters. The third-order valence-corrected chi connectivity index (χ3v) is 4.39. The summed E-state index contributed by atoms with van der Waals surface area (Å²) in [6.07, 6.45) is 0. The molecular weight excluding hydrogens is 370 g/mol. The number of nitrogens with one attached hydrogen (secondary N) is 1. The summed E-state index contributed by atoms with van der Waals surface area (Å²) in [6.45, 7) is 1.80. The van der Waals surface area contributed by atoms with Gasteiger partial charge in [0.2, 0.25) is 0 Å². The zero-order chi connectivity index (χ0) is 20.4. The van der Waals surface area contributed by atoms with E-state index < -0.39 is 34.4 Å². The average molecular weight is 387 g/mol. The van der Waals surface area contributed by atoms with Gasteiger partial charge in [-0.25, -0.2) is 9.59 Å². The smallest absolute Gasteiger partial charge is 0.342 e. The van der Waals surface area contributed by atoms with Gasteiger partial charge in [-0.05, 0) is 17.7 Å². The van der Waals surface area contributed by atoms with Gasteiger partial charge in [0, 0.05) is 24.2 Å². The number of H-pyrrole nitrogens is 1. The zero-order valence-electron chi connectivity index (χ0n) is 14.6. The number of carboxylic acid groups (broad SMARTS) is 2. The molecule has 0 unspecified atom stereocenters. The molecule has 0 saturated carbocycles. The first kappa shape index (κ1) is 19.1. The number of anilines is 1. The second kappa shape index (κ2) is 7.53. The number of nitrogens with two attached hydrogens (primary N) is 1. The lowest BCUT2D eigenvalue weighted by Gasteiger charge is -2.26. The van der Waals surface area contributed by atoms with Crippen LogP contribution in [0.2, 0.25) is 0 Å². The van der Waals surface area contributed by atoms with Gasteiger partial charge in [0.25, 0.3) is 11.5 Å². The Morgan fingerprint density at radius 2 is 1.57 bits per heavy atom. The quantitative estimate of drug-likeness (QED) is 0.589. The van der Waals surface area contributed by atoms with Crippen molar-refractivity contribution in [3.8, 4) is 11.1 Å². The Balaban J connectivity index is 2.09. The minimum absolute atomic E-state index is 0.145. The van der Waals surface area contributed by atoms with Crippen LogP contribution in [0.5, 0.6) is 0 Å². The highest BCUT2D eigenvalue weighted by molar-refractivity contribution is 6.07. The Bertz CT molecular complexity index is 1010. The number of morpholine rings is 1. The normalized spacial score (nSPS) is 13.9. The van der Waals surface area contributed by atoms with Crippen molar-refractivity contribution in [1.82, 2.24) is 9.88 Å². The molecule has 1 saturated heterocycles. The molecular formula is C18H17N3O7. The molecule has 0 bridgehead atoms. The van der Waals surface area contributed by atoms with Crippen molar-refractivity contribution in [3.05, 3.63) is 51.3 Å². The Hall–Kier alpha value is -3.66. The van der Waals surface area contributed by atoms with Crippen LogP contribution in [0.15, 0.2) is 29.1 Å². The van der Waals surface area contributed by atoms with Crippen LogP contribution >= 0.6 is 0 Å². The van der Waals surface area contributed by atoms with Crippen LogP contribution in [0.25, 0.3) is 11.1 Å². The predicted molar refractivity (Wildman–Crippen MR) is 97.6 cm³/mol. The van der Waals surface area contributed by atoms with Gasteiger partial charge in [-0.1, -0.05) is 12.1 Å². The fourth-order valence-corrected chi connectivity index (χ4v) is 3.06. The minimum atomic E-state index is -1.59. The number of nitrogen functional groups attached to an aromatic ring is 1. The summed E-state index contributed by atoms with van der Waals surface area (Å²) in [4.78, 5) is 51.4. The van der Waals surface area contributed by atoms with E-state index in [-0.39, 0.29) is 17.0 Å². The van der Waals surface area contributed by atoms with E-state index in [1.807, 2.05) is 4.98 Å². The van der Waals surface area contributed by atoms with E-state index in [1.165, 1.54) is 24.3 Å². The van der Waals surface area contributed by atoms with E-state index in [4.69, 9.17) is 10.5 Å². The van der Waals surface area contributed by atoms with Crippen molar-refractivity contribution in [2.75, 3.05) is 32.0 Å². The van der Waals surface area contributed by atoms with E-state index in [2.05, 4.69) is 0 Å². The van der Waals surface area contributed by atoms with Crippen molar-refractivity contribution in [1.29, 1.82) is 0 Å². The number of aromatic carboxylic acids is 2. The second-order valence-corrected chi connectivity index (χ2v) is 6.09. The number of nitrogens with zero attached hydrogens (tertiary/aromatic N) is 1. The van der Waals surface area contributed by atoms with Gasteiger partial charge in [-0.15, -0.1) is 0 Å². The van der Waals surface area contributed by atoms with Crippen molar-refractivity contribution in [3.63, 3.8) is 0 Å². The van der Waals surface area contributed by atoms with Crippen molar-refractivity contribution < 1.29 is 29.3 Å². The van der Waals surface area contributed by atoms with E-state index in [0.717, 1.165) is 0 Å². The highest BCUT2D eigenvalue weighted by atomic mass is 16.5. The predicted octanol–water partition coefficient (Wildman–Crippen LogP) is 0.493. The van der Waals surface area contributed by atoms with Gasteiger partial charge in [0.15, 0.2) is 0 Å². The first-order chi connectivity index (χ1) is 13.3. The summed E-state index contributed by atoms with van der Waals surface area (Å²) in [5, 5.41) is 18.8. The molecule has 1 aromatic heterocycles. The molecule has 0 aliphatic carbocycles. The maximum atomic E-state index is 12.5. The molecule has 0 spiro atoms. The summed E-state index contributed by atoms with van der Waals surface area (Å²) in [5.41, 5.74) is 3.50. The van der Waals surface area contributed by atoms with Crippen molar-refractivity contribution >= 4 is 23.7 Å². The third kappa shape index (κ3) is 3.45. The summed E-state index contributed by atoms with van der Waals surface area (Å²) in [7, 11) is 0. The Kier molecular flexibility index (Phi) is 5.14. The van der Waals surface area contributed by atoms with Crippen LogP contribution in [-0.4, -0.2) is 64.2 Å². The van der Waals surface area contributed by atoms with E-state index in [0.29, 0.717) is 31.9 Å². The van der Waals surface area contributed by atoms with Crippen LogP contribution in [0, 0.1) is 0 Å². The van der Waals surface area contributed by atoms with Gasteiger partial charge in [-0.3, -0.25) is 9.59 Å². The fourth-order valence-electron chi connectivity index (χ4n) is 3.06. The molecule has 28 heavy (non-hydrogen) atoms. The number of pyridine rings is 1. The van der Waals surface area contributed by atoms with Crippen LogP contribution in [-0.2, 0) is 4.74 Å². The molecule has 10 heteroatoms. The van der Waals surface area contributed by atoms with Crippen LogP contribution < -0.4 is 11.3 Å². The highest BCUT2D eigenvalue weighted by Gasteiger charge is 2.27. The molecule has 1 aliphatic rings. The first-order valence-corrected chi connectivity index (χ1v) is 8.31. The average Bonchev–Trinajstić information content (AvgIpc) is 2.67. The summed E-state index contributed by atoms with van der Waals surface area (Å²) in [5.74, 6) is -3.75. The van der Waals surface area contributed by atoms with Crippen molar-refractivity contribution in [2.24, 2.45) is 0 Å². The van der Waals surface area contributed by atoms with Gasteiger partial charge < -0.3 is 30.6 Å².